The van der Waals surface area contributed by atoms with E-state index in [-0.39, 0.29) is 11.9 Å². The van der Waals surface area contributed by atoms with Crippen LogP contribution >= 0.6 is 0 Å². The Morgan fingerprint density at radius 2 is 2.17 bits per heavy atom. The van der Waals surface area contributed by atoms with Gasteiger partial charge in [0.05, 0.1) is 5.69 Å². The molecule has 1 amide bonds. The van der Waals surface area contributed by atoms with Crippen LogP contribution in [0.1, 0.15) is 68.2 Å². The van der Waals surface area contributed by atoms with Gasteiger partial charge in [-0.25, -0.2) is 0 Å². The van der Waals surface area contributed by atoms with E-state index in [4.69, 9.17) is 4.98 Å². The van der Waals surface area contributed by atoms with Crippen molar-refractivity contribution in [2.45, 2.75) is 64.3 Å². The number of nitrogens with one attached hydrogen (secondary N) is 1. The van der Waals surface area contributed by atoms with E-state index in [1.807, 2.05) is 18.5 Å². The van der Waals surface area contributed by atoms with Gasteiger partial charge in [-0.1, -0.05) is 6.92 Å². The van der Waals surface area contributed by atoms with Crippen LogP contribution in [-0.4, -0.2) is 30.2 Å². The van der Waals surface area contributed by atoms with Crippen molar-refractivity contribution in [1.29, 1.82) is 0 Å². The molecule has 2 aliphatic carbocycles. The highest BCUT2D eigenvalue weighted by atomic mass is 16.1. The number of aromatic nitrogens is 1. The third-order valence-corrected chi connectivity index (χ3v) is 5.58. The van der Waals surface area contributed by atoms with E-state index >= 15 is 0 Å². The van der Waals surface area contributed by atoms with Gasteiger partial charge in [-0.3, -0.25) is 14.8 Å². The van der Waals surface area contributed by atoms with Gasteiger partial charge >= 0.3 is 0 Å². The highest BCUT2D eigenvalue weighted by Gasteiger charge is 2.33. The zero-order valence-electron chi connectivity index (χ0n) is 15.1. The van der Waals surface area contributed by atoms with Crippen molar-refractivity contribution in [2.75, 3.05) is 7.05 Å². The fraction of sp³-hybridized carbons (Fsp3) is 0.650. The van der Waals surface area contributed by atoms with E-state index in [9.17, 15) is 4.79 Å². The number of carbonyl (C=O) groups excluding carboxylic acids is 1. The van der Waals surface area contributed by atoms with Crippen LogP contribution in [-0.2, 0) is 4.79 Å². The van der Waals surface area contributed by atoms with Gasteiger partial charge in [-0.15, -0.1) is 0 Å². The number of amides is 1. The summed E-state index contributed by atoms with van der Waals surface area (Å²) in [6.45, 7) is 4.42. The lowest BCUT2D eigenvalue weighted by atomic mass is 9.74. The lowest BCUT2D eigenvalue weighted by molar-refractivity contribution is -0.122. The number of hydrogen-bond acceptors (Lipinski definition) is 3. The molecule has 24 heavy (non-hydrogen) atoms. The van der Waals surface area contributed by atoms with Crippen LogP contribution < -0.4 is 5.32 Å². The molecule has 0 spiro atoms. The molecule has 2 aliphatic rings. The van der Waals surface area contributed by atoms with Crippen LogP contribution in [0.3, 0.4) is 0 Å². The average molecular weight is 327 g/mol. The van der Waals surface area contributed by atoms with Gasteiger partial charge < -0.3 is 5.32 Å². The zero-order valence-corrected chi connectivity index (χ0v) is 15.1. The largest absolute Gasteiger partial charge is 0.353 e. The molecule has 1 aromatic rings. The highest BCUT2D eigenvalue weighted by Crippen LogP contribution is 2.38. The van der Waals surface area contributed by atoms with E-state index in [1.165, 1.54) is 18.4 Å². The second-order valence-electron chi connectivity index (χ2n) is 7.62. The second-order valence-corrected chi connectivity index (χ2v) is 7.62. The normalized spacial score (nSPS) is 27.4. The summed E-state index contributed by atoms with van der Waals surface area (Å²) in [6.07, 6.45) is 10.2. The Balaban J connectivity index is 1.74. The molecule has 0 aliphatic heterocycles. The minimum Gasteiger partial charge on any atom is -0.353 e. The van der Waals surface area contributed by atoms with Crippen LogP contribution in [0.4, 0.5) is 0 Å². The third-order valence-electron chi connectivity index (χ3n) is 5.58. The third kappa shape index (κ3) is 4.03. The first kappa shape index (κ1) is 17.1. The van der Waals surface area contributed by atoms with E-state index in [2.05, 4.69) is 24.2 Å². The molecule has 1 unspecified atom stereocenters. The maximum Gasteiger partial charge on any atom is 0.220 e. The molecular weight excluding hydrogens is 298 g/mol. The van der Waals surface area contributed by atoms with Crippen LogP contribution in [0.5, 0.6) is 0 Å². The minimum atomic E-state index is 0.239. The Morgan fingerprint density at radius 3 is 2.88 bits per heavy atom. The lowest BCUT2D eigenvalue weighted by Crippen LogP contribution is -2.40. The Kier molecular flexibility index (Phi) is 5.32. The van der Waals surface area contributed by atoms with Crippen LogP contribution in [0, 0.1) is 18.8 Å². The maximum atomic E-state index is 12.2. The molecule has 4 nitrogen and oxygen atoms in total. The SMILES string of the molecule is CN=Cc1c(C)ccnc1C1C[C@H](NC(=O)CC2CC2)CC[C@@H]1C. The smallest absolute Gasteiger partial charge is 0.220 e. The van der Waals surface area contributed by atoms with Gasteiger partial charge in [-0.2, -0.15) is 0 Å². The van der Waals surface area contributed by atoms with E-state index in [0.29, 0.717) is 24.2 Å². The van der Waals surface area contributed by atoms with Crippen molar-refractivity contribution in [3.8, 4) is 0 Å². The molecule has 130 valence electrons. The van der Waals surface area contributed by atoms with E-state index in [1.54, 1.807) is 7.05 Å². The van der Waals surface area contributed by atoms with Crippen molar-refractivity contribution in [3.63, 3.8) is 0 Å². The summed E-state index contributed by atoms with van der Waals surface area (Å²) in [4.78, 5) is 21.1. The average Bonchev–Trinajstić information content (AvgIpc) is 3.35. The van der Waals surface area contributed by atoms with Crippen LogP contribution in [0.2, 0.25) is 0 Å². The van der Waals surface area contributed by atoms with Crippen LogP contribution in [0.15, 0.2) is 17.3 Å². The predicted octanol–water partition coefficient (Wildman–Crippen LogP) is 3.63. The van der Waals surface area contributed by atoms with Crippen molar-refractivity contribution >= 4 is 12.1 Å². The number of carbonyl (C=O) groups is 1. The lowest BCUT2D eigenvalue weighted by Gasteiger charge is -2.35. The fourth-order valence-corrected chi connectivity index (χ4v) is 3.89. The van der Waals surface area contributed by atoms with Gasteiger partial charge in [0.25, 0.3) is 0 Å². The van der Waals surface area contributed by atoms with Crippen molar-refractivity contribution in [2.24, 2.45) is 16.8 Å². The number of rotatable bonds is 5. The Morgan fingerprint density at radius 1 is 1.38 bits per heavy atom. The number of aryl methyl sites for hydroxylation is 1. The molecule has 3 atom stereocenters. The van der Waals surface area contributed by atoms with Gasteiger partial charge in [0.15, 0.2) is 0 Å². The van der Waals surface area contributed by atoms with E-state index in [0.717, 1.165) is 30.5 Å². The summed E-state index contributed by atoms with van der Waals surface area (Å²) < 4.78 is 0. The van der Waals surface area contributed by atoms with Gasteiger partial charge in [0.2, 0.25) is 5.91 Å². The molecule has 2 saturated carbocycles. The van der Waals surface area contributed by atoms with Gasteiger partial charge in [0, 0.05) is 43.4 Å². The molecule has 3 rings (SSSR count). The first-order chi connectivity index (χ1) is 11.6. The number of pyridine rings is 1. The first-order valence-corrected chi connectivity index (χ1v) is 9.25. The highest BCUT2D eigenvalue weighted by molar-refractivity contribution is 5.83. The molecule has 1 aromatic heterocycles. The van der Waals surface area contributed by atoms with Gasteiger partial charge in [-0.05, 0) is 62.5 Å². The number of aliphatic imine (C=N–C) groups is 1. The van der Waals surface area contributed by atoms with Crippen molar-refractivity contribution in [1.82, 2.24) is 10.3 Å². The molecule has 1 N–H and O–H groups in total. The summed E-state index contributed by atoms with van der Waals surface area (Å²) in [5.74, 6) is 1.86. The van der Waals surface area contributed by atoms with Crippen molar-refractivity contribution < 1.29 is 4.79 Å². The summed E-state index contributed by atoms with van der Waals surface area (Å²) in [5, 5.41) is 3.28. The maximum absolute atomic E-state index is 12.2. The number of hydrogen-bond donors (Lipinski definition) is 1. The molecule has 0 aromatic carbocycles. The molecule has 2 fully saturated rings. The monoisotopic (exact) mass is 327 g/mol. The Bertz CT molecular complexity index is 621. The predicted molar refractivity (Wildman–Crippen MR) is 97.5 cm³/mol. The summed E-state index contributed by atoms with van der Waals surface area (Å²) in [5.41, 5.74) is 3.52. The van der Waals surface area contributed by atoms with Crippen molar-refractivity contribution in [3.05, 3.63) is 29.1 Å². The molecule has 0 saturated heterocycles. The first-order valence-electron chi connectivity index (χ1n) is 9.25. The molecule has 0 radical (unpaired) electrons. The number of nitrogens with zero attached hydrogens (tertiary/aromatic N) is 2. The second kappa shape index (κ2) is 7.45. The minimum absolute atomic E-state index is 0.239. The van der Waals surface area contributed by atoms with Crippen LogP contribution in [0.25, 0.3) is 0 Å². The molecular formula is C20H29N3O. The zero-order chi connectivity index (χ0) is 17.1. The topological polar surface area (TPSA) is 54.4 Å². The van der Waals surface area contributed by atoms with Gasteiger partial charge in [0.1, 0.15) is 0 Å². The fourth-order valence-electron chi connectivity index (χ4n) is 3.89. The Labute approximate surface area is 145 Å². The summed E-state index contributed by atoms with van der Waals surface area (Å²) in [7, 11) is 1.81. The molecule has 1 heterocycles. The summed E-state index contributed by atoms with van der Waals surface area (Å²) in [6, 6.07) is 2.33. The quantitative estimate of drug-likeness (QED) is 0.840. The molecule has 4 heteroatoms. The summed E-state index contributed by atoms with van der Waals surface area (Å²) >= 11 is 0. The Hall–Kier alpha value is -1.71. The molecule has 0 bridgehead atoms. The van der Waals surface area contributed by atoms with E-state index < -0.39 is 0 Å². The standard InChI is InChI=1S/C20H29N3O/c1-13-4-7-16(23-19(24)10-15-5-6-15)11-17(13)20-18(12-21-3)14(2)8-9-22-20/h8-9,12-13,15-17H,4-7,10-11H2,1-3H3,(H,23,24)/t13-,16+,17?/m0/s1.